The van der Waals surface area contributed by atoms with Gasteiger partial charge in [-0.1, -0.05) is 0 Å². The van der Waals surface area contributed by atoms with Crippen LogP contribution in [0.15, 0.2) is 22.8 Å². The van der Waals surface area contributed by atoms with Crippen LogP contribution in [0, 0.1) is 11.3 Å². The number of carbonyl (C=O) groups excluding carboxylic acids is 2. The summed E-state index contributed by atoms with van der Waals surface area (Å²) in [6, 6.07) is 3.85. The molecule has 2 amide bonds. The van der Waals surface area contributed by atoms with E-state index < -0.39 is 5.41 Å². The van der Waals surface area contributed by atoms with E-state index in [1.165, 1.54) is 6.26 Å². The maximum absolute atomic E-state index is 13.4. The third kappa shape index (κ3) is 2.67. The number of likely N-dealkylation sites (tertiary alicyclic amines) is 3. The lowest BCUT2D eigenvalue weighted by atomic mass is 9.79. The molecule has 0 saturated carbocycles. The van der Waals surface area contributed by atoms with E-state index in [1.807, 2.05) is 9.80 Å². The molecule has 3 aliphatic heterocycles. The van der Waals surface area contributed by atoms with Gasteiger partial charge in [0.25, 0.3) is 5.91 Å². The monoisotopic (exact) mass is 345 g/mol. The molecule has 25 heavy (non-hydrogen) atoms. The van der Waals surface area contributed by atoms with Gasteiger partial charge in [0.1, 0.15) is 0 Å². The fourth-order valence-corrected chi connectivity index (χ4v) is 4.75. The van der Waals surface area contributed by atoms with Crippen LogP contribution in [0.4, 0.5) is 0 Å². The molecule has 3 fully saturated rings. The van der Waals surface area contributed by atoms with E-state index >= 15 is 0 Å². The van der Waals surface area contributed by atoms with Crippen molar-refractivity contribution in [3.05, 3.63) is 24.2 Å². The van der Waals surface area contributed by atoms with Crippen molar-refractivity contribution in [2.24, 2.45) is 11.3 Å². The van der Waals surface area contributed by atoms with Gasteiger partial charge in [0.2, 0.25) is 5.91 Å². The predicted octanol–water partition coefficient (Wildman–Crippen LogP) is 1.68. The van der Waals surface area contributed by atoms with Gasteiger partial charge < -0.3 is 14.2 Å². The van der Waals surface area contributed by atoms with Crippen LogP contribution < -0.4 is 0 Å². The molecule has 3 saturated heterocycles. The van der Waals surface area contributed by atoms with Gasteiger partial charge in [-0.3, -0.25) is 14.5 Å². The minimum Gasteiger partial charge on any atom is -0.459 e. The molecular weight excluding hydrogens is 318 g/mol. The minimum atomic E-state index is -0.448. The summed E-state index contributed by atoms with van der Waals surface area (Å²) in [5.74, 6) is 0.739. The second kappa shape index (κ2) is 6.16. The van der Waals surface area contributed by atoms with E-state index in [0.29, 0.717) is 24.9 Å². The third-order valence-corrected chi connectivity index (χ3v) is 6.20. The molecule has 1 aromatic heterocycles. The van der Waals surface area contributed by atoms with Gasteiger partial charge in [-0.2, -0.15) is 0 Å². The first-order valence-electron chi connectivity index (χ1n) is 9.37. The molecule has 0 aromatic carbocycles. The Hall–Kier alpha value is -1.82. The van der Waals surface area contributed by atoms with Crippen molar-refractivity contribution in [1.82, 2.24) is 14.7 Å². The normalized spacial score (nSPS) is 29.6. The first kappa shape index (κ1) is 16.6. The van der Waals surface area contributed by atoms with Crippen LogP contribution >= 0.6 is 0 Å². The fourth-order valence-electron chi connectivity index (χ4n) is 4.75. The molecule has 136 valence electrons. The van der Waals surface area contributed by atoms with Crippen LogP contribution in [0.1, 0.15) is 37.2 Å². The second-order valence-electron chi connectivity index (χ2n) is 8.04. The fraction of sp³-hybridized carbons (Fsp3) is 0.684. The Morgan fingerprint density at radius 2 is 1.92 bits per heavy atom. The molecule has 4 rings (SSSR count). The van der Waals surface area contributed by atoms with Gasteiger partial charge in [0, 0.05) is 51.2 Å². The van der Waals surface area contributed by atoms with Gasteiger partial charge in [0.15, 0.2) is 5.76 Å². The summed E-state index contributed by atoms with van der Waals surface area (Å²) >= 11 is 0. The van der Waals surface area contributed by atoms with Crippen LogP contribution in [-0.2, 0) is 4.79 Å². The summed E-state index contributed by atoms with van der Waals surface area (Å²) in [4.78, 5) is 32.4. The summed E-state index contributed by atoms with van der Waals surface area (Å²) in [7, 11) is 0. The van der Waals surface area contributed by atoms with Crippen molar-refractivity contribution in [2.45, 2.75) is 32.7 Å². The topological polar surface area (TPSA) is 57.0 Å². The summed E-state index contributed by atoms with van der Waals surface area (Å²) in [5.41, 5.74) is -0.448. The lowest BCUT2D eigenvalue weighted by molar-refractivity contribution is -0.141. The Kier molecular flexibility index (Phi) is 4.10. The number of carbonyl (C=O) groups is 2. The van der Waals surface area contributed by atoms with Crippen molar-refractivity contribution in [3.8, 4) is 0 Å². The molecule has 6 nitrogen and oxygen atoms in total. The van der Waals surface area contributed by atoms with Crippen LogP contribution in [0.3, 0.4) is 0 Å². The van der Waals surface area contributed by atoms with Crippen LogP contribution in [0.2, 0.25) is 0 Å². The largest absolute Gasteiger partial charge is 0.459 e. The summed E-state index contributed by atoms with van der Waals surface area (Å²) in [5, 5.41) is 0. The molecule has 3 aliphatic rings. The summed E-state index contributed by atoms with van der Waals surface area (Å²) in [6.07, 6.45) is 3.71. The van der Waals surface area contributed by atoms with Gasteiger partial charge in [-0.15, -0.1) is 0 Å². The van der Waals surface area contributed by atoms with Gasteiger partial charge in [-0.25, -0.2) is 0 Å². The first-order valence-corrected chi connectivity index (χ1v) is 9.37. The molecule has 0 radical (unpaired) electrons. The first-order chi connectivity index (χ1) is 12.0. The maximum Gasteiger partial charge on any atom is 0.289 e. The molecule has 2 atom stereocenters. The van der Waals surface area contributed by atoms with Crippen molar-refractivity contribution in [1.29, 1.82) is 0 Å². The molecule has 4 heterocycles. The van der Waals surface area contributed by atoms with Crippen LogP contribution in [0.25, 0.3) is 0 Å². The average molecular weight is 345 g/mol. The van der Waals surface area contributed by atoms with Gasteiger partial charge >= 0.3 is 0 Å². The van der Waals surface area contributed by atoms with Crippen LogP contribution in [0.5, 0.6) is 0 Å². The lowest BCUT2D eigenvalue weighted by Gasteiger charge is -2.33. The molecule has 6 heteroatoms. The Morgan fingerprint density at radius 1 is 1.16 bits per heavy atom. The van der Waals surface area contributed by atoms with Gasteiger partial charge in [0.05, 0.1) is 11.7 Å². The Bertz CT molecular complexity index is 651. The van der Waals surface area contributed by atoms with E-state index in [4.69, 9.17) is 4.42 Å². The number of amides is 2. The second-order valence-corrected chi connectivity index (χ2v) is 8.04. The minimum absolute atomic E-state index is 0.0934. The zero-order chi connectivity index (χ0) is 17.6. The molecule has 0 aliphatic carbocycles. The Balaban J connectivity index is 1.59. The van der Waals surface area contributed by atoms with Crippen molar-refractivity contribution in [3.63, 3.8) is 0 Å². The molecule has 0 bridgehead atoms. The number of nitrogens with zero attached hydrogens (tertiary/aromatic N) is 3. The SMILES string of the molecule is CC(C)N1C[C@H]2CN(C(=O)c3ccco3)C[C@@]2(C(=O)N2CCCC2)C1. The molecule has 0 N–H and O–H groups in total. The zero-order valence-corrected chi connectivity index (χ0v) is 15.1. The van der Waals surface area contributed by atoms with Crippen molar-refractivity contribution in [2.75, 3.05) is 39.3 Å². The smallest absolute Gasteiger partial charge is 0.289 e. The highest BCUT2D eigenvalue weighted by molar-refractivity contribution is 5.93. The highest BCUT2D eigenvalue weighted by Crippen LogP contribution is 2.45. The maximum atomic E-state index is 13.4. The highest BCUT2D eigenvalue weighted by atomic mass is 16.3. The van der Waals surface area contributed by atoms with Gasteiger partial charge in [-0.05, 0) is 38.8 Å². The van der Waals surface area contributed by atoms with E-state index in [1.54, 1.807) is 12.1 Å². The standard InChI is InChI=1S/C19H27N3O3/c1-14(2)21-10-15-11-22(17(23)16-6-5-9-25-16)13-19(15,12-21)18(24)20-7-3-4-8-20/h5-6,9,14-15H,3-4,7-8,10-13H2,1-2H3/t15-,19-/m0/s1. The predicted molar refractivity (Wildman–Crippen MR) is 93.1 cm³/mol. The molecule has 1 aromatic rings. The van der Waals surface area contributed by atoms with E-state index in [0.717, 1.165) is 39.0 Å². The number of furan rings is 1. The zero-order valence-electron chi connectivity index (χ0n) is 15.1. The number of hydrogen-bond donors (Lipinski definition) is 0. The lowest BCUT2D eigenvalue weighted by Crippen LogP contribution is -2.49. The third-order valence-electron chi connectivity index (χ3n) is 6.20. The van der Waals surface area contributed by atoms with E-state index in [9.17, 15) is 9.59 Å². The van der Waals surface area contributed by atoms with Crippen molar-refractivity contribution >= 4 is 11.8 Å². The Labute approximate surface area is 148 Å². The molecule has 0 spiro atoms. The molecule has 0 unspecified atom stereocenters. The number of hydrogen-bond acceptors (Lipinski definition) is 4. The summed E-state index contributed by atoms with van der Waals surface area (Å²) < 4.78 is 5.29. The summed E-state index contributed by atoms with van der Waals surface area (Å²) in [6.45, 7) is 8.88. The highest BCUT2D eigenvalue weighted by Gasteiger charge is 2.59. The average Bonchev–Trinajstić information content (AvgIpc) is 3.36. The van der Waals surface area contributed by atoms with Crippen molar-refractivity contribution < 1.29 is 14.0 Å². The van der Waals surface area contributed by atoms with E-state index in [2.05, 4.69) is 18.7 Å². The quantitative estimate of drug-likeness (QED) is 0.836. The molecular formula is C19H27N3O3. The van der Waals surface area contributed by atoms with E-state index in [-0.39, 0.29) is 17.7 Å². The number of fused-ring (bicyclic) bond motifs is 1. The number of rotatable bonds is 3. The Morgan fingerprint density at radius 3 is 2.56 bits per heavy atom. The van der Waals surface area contributed by atoms with Crippen LogP contribution in [-0.4, -0.2) is 71.8 Å².